The average Bonchev–Trinajstić information content (AvgIpc) is 1.88. The molecule has 0 fully saturated rings. The van der Waals surface area contributed by atoms with Crippen molar-refractivity contribution in [2.45, 2.75) is 4.90 Å². The minimum Gasteiger partial charge on any atom is -1.00 e. The van der Waals surface area contributed by atoms with Gasteiger partial charge in [-0.05, 0) is 42.1 Å². The van der Waals surface area contributed by atoms with Crippen molar-refractivity contribution < 1.29 is 31.0 Å². The molecule has 0 aromatic heterocycles. The van der Waals surface area contributed by atoms with E-state index in [9.17, 15) is 0 Å². The number of nitrogens with two attached hydrogens (primary N) is 1. The zero-order chi connectivity index (χ0) is 7.61. The Morgan fingerprint density at radius 1 is 1.18 bits per heavy atom. The van der Waals surface area contributed by atoms with E-state index in [1.54, 1.807) is 0 Å². The molecule has 0 aliphatic heterocycles. The molecular formula is C6H8Cl2NNaS. The monoisotopic (exact) mass is 219 g/mol. The molecule has 58 valence electrons. The summed E-state index contributed by atoms with van der Waals surface area (Å²) in [4.78, 5) is 0.790. The summed E-state index contributed by atoms with van der Waals surface area (Å²) in [6, 6.07) is 9.23. The standard InChI is InChI=1S/C6H7Cl2NS.Na.H/c7-10(8,9)6-4-2-1-3-5-6;;/h1-5H,9H2;;/q;+1;-1. The Labute approximate surface area is 100 Å². The first kappa shape index (κ1) is 12.1. The molecule has 0 amide bonds. The van der Waals surface area contributed by atoms with Crippen LogP contribution in [0, 0.1) is 0 Å². The van der Waals surface area contributed by atoms with E-state index < -0.39 is 8.64 Å². The SMILES string of the molecule is NS(Cl)(Cl)c1ccccc1.[H-].[Na+]. The van der Waals surface area contributed by atoms with Gasteiger partial charge in [0.05, 0.1) is 0 Å². The summed E-state index contributed by atoms with van der Waals surface area (Å²) < 4.78 is 0. The normalized spacial score (nSPS) is 11.9. The molecule has 0 unspecified atom stereocenters. The quantitative estimate of drug-likeness (QED) is 0.670. The smallest absolute Gasteiger partial charge is 1.00 e. The van der Waals surface area contributed by atoms with Crippen LogP contribution in [-0.2, 0) is 0 Å². The molecule has 0 aliphatic carbocycles. The van der Waals surface area contributed by atoms with Crippen molar-refractivity contribution in [1.29, 1.82) is 0 Å². The summed E-state index contributed by atoms with van der Waals surface area (Å²) in [6.07, 6.45) is 0. The van der Waals surface area contributed by atoms with E-state index in [1.165, 1.54) is 0 Å². The maximum atomic E-state index is 5.69. The van der Waals surface area contributed by atoms with E-state index in [2.05, 4.69) is 0 Å². The molecule has 0 aliphatic rings. The van der Waals surface area contributed by atoms with Gasteiger partial charge in [-0.1, -0.05) is 18.2 Å². The first-order valence-electron chi connectivity index (χ1n) is 2.66. The minimum atomic E-state index is -2.06. The molecule has 0 saturated heterocycles. The third-order valence-corrected chi connectivity index (χ3v) is 3.03. The molecule has 0 bridgehead atoms. The van der Waals surface area contributed by atoms with Crippen molar-refractivity contribution in [2.24, 2.45) is 5.14 Å². The molecule has 0 saturated carbocycles. The minimum absolute atomic E-state index is 0. The van der Waals surface area contributed by atoms with E-state index >= 15 is 0 Å². The second kappa shape index (κ2) is 4.97. The Hall–Kier alpha value is 1.11. The predicted octanol–water partition coefficient (Wildman–Crippen LogP) is 0.148. The molecule has 0 spiro atoms. The Balaban J connectivity index is 0. The van der Waals surface area contributed by atoms with Crippen LogP contribution < -0.4 is 34.7 Å². The fraction of sp³-hybridized carbons (Fsp3) is 0. The third-order valence-electron chi connectivity index (χ3n) is 1.06. The zero-order valence-corrected chi connectivity index (χ0v) is 10.5. The van der Waals surface area contributed by atoms with Crippen LogP contribution in [0.4, 0.5) is 0 Å². The van der Waals surface area contributed by atoms with Crippen molar-refractivity contribution in [3.63, 3.8) is 0 Å². The molecule has 1 rings (SSSR count). The maximum Gasteiger partial charge on any atom is 1.00 e. The van der Waals surface area contributed by atoms with Crippen molar-refractivity contribution in [3.8, 4) is 0 Å². The van der Waals surface area contributed by atoms with Gasteiger partial charge in [0, 0.05) is 4.90 Å². The van der Waals surface area contributed by atoms with Crippen molar-refractivity contribution in [3.05, 3.63) is 30.3 Å². The van der Waals surface area contributed by atoms with Gasteiger partial charge >= 0.3 is 29.6 Å². The molecular weight excluding hydrogens is 212 g/mol. The number of hydrogen-bond donors (Lipinski definition) is 1. The average molecular weight is 220 g/mol. The largest absolute Gasteiger partial charge is 1.00 e. The zero-order valence-electron chi connectivity index (χ0n) is 7.13. The van der Waals surface area contributed by atoms with E-state index in [-0.39, 0.29) is 31.0 Å². The fourth-order valence-electron chi connectivity index (χ4n) is 0.602. The third kappa shape index (κ3) is 4.04. The van der Waals surface area contributed by atoms with E-state index in [1.807, 2.05) is 30.3 Å². The van der Waals surface area contributed by atoms with Crippen molar-refractivity contribution in [2.75, 3.05) is 0 Å². The van der Waals surface area contributed by atoms with Crippen LogP contribution in [0.1, 0.15) is 1.43 Å². The number of benzene rings is 1. The summed E-state index contributed by atoms with van der Waals surface area (Å²) in [6.45, 7) is 0. The summed E-state index contributed by atoms with van der Waals surface area (Å²) in [7, 11) is 9.31. The van der Waals surface area contributed by atoms with Crippen molar-refractivity contribution >= 4 is 30.0 Å². The van der Waals surface area contributed by atoms with Gasteiger partial charge < -0.3 is 1.43 Å². The topological polar surface area (TPSA) is 26.0 Å². The predicted molar refractivity (Wildman–Crippen MR) is 49.3 cm³/mol. The number of rotatable bonds is 1. The molecule has 2 N–H and O–H groups in total. The van der Waals surface area contributed by atoms with Gasteiger partial charge in [0.1, 0.15) is 0 Å². The van der Waals surface area contributed by atoms with Gasteiger partial charge in [-0.15, -0.1) is 0 Å². The summed E-state index contributed by atoms with van der Waals surface area (Å²) >= 11 is 0. The summed E-state index contributed by atoms with van der Waals surface area (Å²) in [5, 5.41) is 5.47. The van der Waals surface area contributed by atoms with Gasteiger partial charge in [0.25, 0.3) is 0 Å². The van der Waals surface area contributed by atoms with Crippen LogP contribution in [0.5, 0.6) is 0 Å². The van der Waals surface area contributed by atoms with E-state index in [4.69, 9.17) is 26.5 Å². The molecule has 1 aromatic carbocycles. The van der Waals surface area contributed by atoms with Gasteiger partial charge in [-0.25, -0.2) is 0 Å². The van der Waals surface area contributed by atoms with Crippen LogP contribution in [-0.4, -0.2) is 0 Å². The van der Waals surface area contributed by atoms with Crippen LogP contribution >= 0.6 is 30.0 Å². The Morgan fingerprint density at radius 2 is 1.64 bits per heavy atom. The van der Waals surface area contributed by atoms with Crippen LogP contribution in [0.3, 0.4) is 0 Å². The molecule has 5 heteroatoms. The molecule has 0 atom stereocenters. The Morgan fingerprint density at radius 3 is 1.91 bits per heavy atom. The van der Waals surface area contributed by atoms with Crippen LogP contribution in [0.15, 0.2) is 35.2 Å². The van der Waals surface area contributed by atoms with Gasteiger partial charge in [-0.2, -0.15) is 0 Å². The van der Waals surface area contributed by atoms with E-state index in [0.717, 1.165) is 4.90 Å². The summed E-state index contributed by atoms with van der Waals surface area (Å²) in [5.41, 5.74) is 0. The number of hydrogen-bond acceptors (Lipinski definition) is 1. The first-order chi connectivity index (χ1) is 4.61. The Kier molecular flexibility index (Phi) is 5.48. The molecule has 0 radical (unpaired) electrons. The molecule has 1 aromatic rings. The maximum absolute atomic E-state index is 5.69. The second-order valence-corrected chi connectivity index (χ2v) is 6.70. The molecule has 1 nitrogen and oxygen atoms in total. The van der Waals surface area contributed by atoms with Crippen molar-refractivity contribution in [1.82, 2.24) is 0 Å². The van der Waals surface area contributed by atoms with Gasteiger partial charge in [-0.3, -0.25) is 5.14 Å². The van der Waals surface area contributed by atoms with Gasteiger partial charge in [0.15, 0.2) is 0 Å². The second-order valence-electron chi connectivity index (χ2n) is 1.82. The van der Waals surface area contributed by atoms with Gasteiger partial charge in [0.2, 0.25) is 0 Å². The summed E-state index contributed by atoms with van der Waals surface area (Å²) in [5.74, 6) is 0. The van der Waals surface area contributed by atoms with Crippen LogP contribution in [0.25, 0.3) is 0 Å². The Bertz CT molecular complexity index is 217. The van der Waals surface area contributed by atoms with Crippen LogP contribution in [0.2, 0.25) is 0 Å². The first-order valence-corrected chi connectivity index (χ1v) is 6.01. The van der Waals surface area contributed by atoms with E-state index in [0.29, 0.717) is 0 Å². The number of halogens is 2. The fourth-order valence-corrected chi connectivity index (χ4v) is 1.74. The molecule has 11 heavy (non-hydrogen) atoms. The molecule has 0 heterocycles.